The lowest BCUT2D eigenvalue weighted by molar-refractivity contribution is 0.0131. The van der Waals surface area contributed by atoms with Crippen molar-refractivity contribution in [2.45, 2.75) is 26.2 Å². The van der Waals surface area contributed by atoms with Crippen LogP contribution in [0.15, 0.2) is 72.8 Å². The summed E-state index contributed by atoms with van der Waals surface area (Å²) >= 11 is 1.74. The summed E-state index contributed by atoms with van der Waals surface area (Å²) in [7, 11) is 0. The molecule has 6 rings (SSSR count). The molecule has 1 saturated heterocycles. The zero-order valence-electron chi connectivity index (χ0n) is 21.8. The van der Waals surface area contributed by atoms with Gasteiger partial charge < -0.3 is 4.98 Å². The van der Waals surface area contributed by atoms with Gasteiger partial charge in [-0.05, 0) is 61.4 Å². The van der Waals surface area contributed by atoms with Crippen molar-refractivity contribution in [3.05, 3.63) is 83.4 Å². The lowest BCUT2D eigenvalue weighted by Crippen LogP contribution is -2.26. The van der Waals surface area contributed by atoms with Crippen molar-refractivity contribution >= 4 is 39.0 Å². The topological polar surface area (TPSA) is 73.5 Å². The van der Waals surface area contributed by atoms with Crippen molar-refractivity contribution in [2.24, 2.45) is 0 Å². The lowest BCUT2D eigenvalue weighted by atomic mass is 10.1. The second kappa shape index (κ2) is 9.98. The van der Waals surface area contributed by atoms with Gasteiger partial charge in [0, 0.05) is 34.8 Å². The molecule has 198 valence electrons. The number of hydrogen-bond acceptors (Lipinski definition) is 5. The molecule has 39 heavy (non-hydrogen) atoms. The number of fused-ring (bicyclic) bond motifs is 2. The largest absolute Gasteiger partial charge is 0.336 e. The van der Waals surface area contributed by atoms with E-state index in [9.17, 15) is 8.78 Å². The van der Waals surface area contributed by atoms with Crippen LogP contribution in [0.2, 0.25) is 0 Å². The predicted molar refractivity (Wildman–Crippen MR) is 155 cm³/mol. The number of pyridine rings is 1. The molecule has 0 spiro atoms. The van der Waals surface area contributed by atoms with E-state index in [4.69, 9.17) is 9.97 Å². The van der Waals surface area contributed by atoms with Crippen LogP contribution in [0.3, 0.4) is 0 Å². The van der Waals surface area contributed by atoms with E-state index in [2.05, 4.69) is 46.9 Å². The molecule has 0 amide bonds. The summed E-state index contributed by atoms with van der Waals surface area (Å²) in [4.78, 5) is 17.5. The number of likely N-dealkylation sites (tertiary alicyclic amines) is 1. The summed E-state index contributed by atoms with van der Waals surface area (Å²) in [6, 6.07) is 14.2. The molecule has 9 heteroatoms. The zero-order chi connectivity index (χ0) is 27.1. The van der Waals surface area contributed by atoms with Crippen LogP contribution in [-0.4, -0.2) is 55.6 Å². The van der Waals surface area contributed by atoms with E-state index in [0.29, 0.717) is 30.1 Å². The average Bonchev–Trinajstić information content (AvgIpc) is 3.71. The van der Waals surface area contributed by atoms with Crippen LogP contribution in [-0.2, 0) is 0 Å². The number of hydrogen-bond donors (Lipinski definition) is 2. The molecular formula is C30H28F2N6S. The van der Waals surface area contributed by atoms with Crippen molar-refractivity contribution in [1.82, 2.24) is 30.0 Å². The SMILES string of the molecule is C=C/C(=C\C(=C/C)c1ccc2[nH]nc(-c3nc4c(-c5ccc(C)s5)cccc4[nH]3)c2n1)CN1CCC(F)(F)C1. The highest BCUT2D eigenvalue weighted by atomic mass is 32.1. The molecule has 5 aromatic rings. The van der Waals surface area contributed by atoms with Gasteiger partial charge in [-0.1, -0.05) is 30.9 Å². The number of benzene rings is 1. The molecule has 0 bridgehead atoms. The van der Waals surface area contributed by atoms with Crippen LogP contribution in [0, 0.1) is 6.92 Å². The molecule has 0 atom stereocenters. The molecule has 5 heterocycles. The van der Waals surface area contributed by atoms with Crippen molar-refractivity contribution in [3.63, 3.8) is 0 Å². The Hall–Kier alpha value is -3.95. The Balaban J connectivity index is 1.35. The van der Waals surface area contributed by atoms with Crippen LogP contribution >= 0.6 is 11.3 Å². The molecule has 0 radical (unpaired) electrons. The van der Waals surface area contributed by atoms with Gasteiger partial charge in [-0.3, -0.25) is 10.00 Å². The number of allylic oxidation sites excluding steroid dienone is 3. The Morgan fingerprint density at radius 3 is 2.72 bits per heavy atom. The van der Waals surface area contributed by atoms with Crippen LogP contribution in [0.4, 0.5) is 8.78 Å². The number of imidazole rings is 1. The van der Waals surface area contributed by atoms with Crippen LogP contribution in [0.1, 0.15) is 23.9 Å². The monoisotopic (exact) mass is 542 g/mol. The van der Waals surface area contributed by atoms with Gasteiger partial charge in [0.2, 0.25) is 0 Å². The molecule has 1 aromatic carbocycles. The number of aryl methyl sites for hydroxylation is 1. The normalized spacial score (nSPS) is 16.5. The third-order valence-corrected chi connectivity index (χ3v) is 8.05. The highest BCUT2D eigenvalue weighted by molar-refractivity contribution is 7.15. The number of H-pyrrole nitrogens is 2. The number of para-hydroxylation sites is 1. The maximum atomic E-state index is 13.7. The van der Waals surface area contributed by atoms with Gasteiger partial charge in [0.1, 0.15) is 5.52 Å². The second-order valence-electron chi connectivity index (χ2n) is 9.85. The first-order valence-corrected chi connectivity index (χ1v) is 13.7. The molecule has 2 N–H and O–H groups in total. The molecule has 4 aromatic heterocycles. The van der Waals surface area contributed by atoms with Crippen LogP contribution in [0.25, 0.3) is 49.6 Å². The molecule has 1 fully saturated rings. The maximum Gasteiger partial charge on any atom is 0.261 e. The number of nitrogens with one attached hydrogen (secondary N) is 2. The molecule has 0 aliphatic carbocycles. The van der Waals surface area contributed by atoms with Crippen LogP contribution < -0.4 is 0 Å². The first kappa shape index (κ1) is 25.3. The number of alkyl halides is 2. The summed E-state index contributed by atoms with van der Waals surface area (Å²) in [5.74, 6) is -1.99. The smallest absolute Gasteiger partial charge is 0.261 e. The van der Waals surface area contributed by atoms with E-state index in [-0.39, 0.29) is 13.0 Å². The Labute approximate surface area is 228 Å². The van der Waals surface area contributed by atoms with Gasteiger partial charge in [0.15, 0.2) is 11.5 Å². The molecule has 0 saturated carbocycles. The fraction of sp³-hybridized carbons (Fsp3) is 0.233. The first-order valence-electron chi connectivity index (χ1n) is 12.8. The lowest BCUT2D eigenvalue weighted by Gasteiger charge is -2.16. The number of nitrogens with zero attached hydrogens (tertiary/aromatic N) is 4. The second-order valence-corrected chi connectivity index (χ2v) is 11.1. The average molecular weight is 543 g/mol. The van der Waals surface area contributed by atoms with E-state index < -0.39 is 5.92 Å². The van der Waals surface area contributed by atoms with Crippen molar-refractivity contribution in [3.8, 4) is 22.0 Å². The van der Waals surface area contributed by atoms with E-state index in [1.807, 2.05) is 43.3 Å². The Morgan fingerprint density at radius 2 is 2.00 bits per heavy atom. The van der Waals surface area contributed by atoms with Gasteiger partial charge >= 0.3 is 0 Å². The number of thiophene rings is 1. The predicted octanol–water partition coefficient (Wildman–Crippen LogP) is 7.39. The van der Waals surface area contributed by atoms with Crippen molar-refractivity contribution in [1.29, 1.82) is 0 Å². The minimum atomic E-state index is -2.62. The molecule has 6 nitrogen and oxygen atoms in total. The summed E-state index contributed by atoms with van der Waals surface area (Å²) < 4.78 is 27.4. The quantitative estimate of drug-likeness (QED) is 0.210. The number of aromatic amines is 2. The number of halogens is 2. The minimum absolute atomic E-state index is 0.106. The van der Waals surface area contributed by atoms with Crippen molar-refractivity contribution in [2.75, 3.05) is 19.6 Å². The highest BCUT2D eigenvalue weighted by Crippen LogP contribution is 2.35. The molecule has 0 unspecified atom stereocenters. The highest BCUT2D eigenvalue weighted by Gasteiger charge is 2.37. The molecular weight excluding hydrogens is 514 g/mol. The fourth-order valence-corrected chi connectivity index (χ4v) is 5.92. The summed E-state index contributed by atoms with van der Waals surface area (Å²) in [5.41, 5.74) is 7.54. The summed E-state index contributed by atoms with van der Waals surface area (Å²) in [6.45, 7) is 8.51. The Kier molecular flexibility index (Phi) is 6.48. The minimum Gasteiger partial charge on any atom is -0.336 e. The third kappa shape index (κ3) is 4.95. The van der Waals surface area contributed by atoms with E-state index >= 15 is 0 Å². The first-order chi connectivity index (χ1) is 18.8. The van der Waals surface area contributed by atoms with Crippen LogP contribution in [0.5, 0.6) is 0 Å². The van der Waals surface area contributed by atoms with Gasteiger partial charge in [-0.25, -0.2) is 18.7 Å². The summed E-state index contributed by atoms with van der Waals surface area (Å²) in [6.07, 6.45) is 5.55. The van der Waals surface area contributed by atoms with Gasteiger partial charge in [0.25, 0.3) is 5.92 Å². The van der Waals surface area contributed by atoms with Gasteiger partial charge in [-0.15, -0.1) is 11.3 Å². The van der Waals surface area contributed by atoms with Gasteiger partial charge in [0.05, 0.1) is 28.8 Å². The number of rotatable bonds is 7. The van der Waals surface area contributed by atoms with Crippen molar-refractivity contribution < 1.29 is 8.78 Å². The third-order valence-electron chi connectivity index (χ3n) is 7.02. The Bertz CT molecular complexity index is 1760. The van der Waals surface area contributed by atoms with E-state index in [0.717, 1.165) is 39.0 Å². The Morgan fingerprint density at radius 1 is 1.13 bits per heavy atom. The standard InChI is InChI=1S/C30H28F2N6S/c1-4-19(16-38-14-13-30(31,32)17-38)15-20(5-2)22-10-11-24-27(33-22)28(37-36-24)29-34-23-8-6-7-21(26(23)35-29)25-12-9-18(3)39-25/h4-12,15H,1,13-14,16-17H2,2-3H3,(H,34,35)(H,36,37)/b19-15+,20-5+. The van der Waals surface area contributed by atoms with Gasteiger partial charge in [-0.2, -0.15) is 5.10 Å². The summed E-state index contributed by atoms with van der Waals surface area (Å²) in [5, 5.41) is 7.62. The maximum absolute atomic E-state index is 13.7. The van der Waals surface area contributed by atoms with E-state index in [1.165, 1.54) is 9.75 Å². The molecule has 1 aliphatic heterocycles. The zero-order valence-corrected chi connectivity index (χ0v) is 22.6. The fourth-order valence-electron chi connectivity index (χ4n) is 5.02. The van der Waals surface area contributed by atoms with E-state index in [1.54, 1.807) is 22.3 Å². The number of aromatic nitrogens is 5. The molecule has 1 aliphatic rings.